The highest BCUT2D eigenvalue weighted by molar-refractivity contribution is 5.41. The Morgan fingerprint density at radius 1 is 1.47 bits per heavy atom. The Morgan fingerprint density at radius 2 is 2.26 bits per heavy atom. The standard InChI is InChI=1S/C14H18N2O3/c1-9-7-16-14(19-9)10(2)15-8-11-4-5-12(17)13(6-11)18-3/h4-7,10,15,17H,8H2,1-3H3. The summed E-state index contributed by atoms with van der Waals surface area (Å²) in [7, 11) is 1.53. The molecule has 102 valence electrons. The van der Waals surface area contributed by atoms with Gasteiger partial charge in [-0.25, -0.2) is 4.98 Å². The van der Waals surface area contributed by atoms with Gasteiger partial charge in [-0.1, -0.05) is 6.07 Å². The molecule has 2 rings (SSSR count). The molecule has 1 heterocycles. The molecule has 0 aliphatic carbocycles. The van der Waals surface area contributed by atoms with Crippen LogP contribution in [0.25, 0.3) is 0 Å². The number of aryl methyl sites for hydroxylation is 1. The first-order valence-corrected chi connectivity index (χ1v) is 6.11. The molecule has 0 amide bonds. The van der Waals surface area contributed by atoms with Crippen LogP contribution in [0.4, 0.5) is 0 Å². The minimum atomic E-state index is 0.0218. The van der Waals surface area contributed by atoms with Crippen LogP contribution in [0.1, 0.15) is 30.2 Å². The number of hydrogen-bond donors (Lipinski definition) is 2. The number of nitrogens with one attached hydrogen (secondary N) is 1. The molecule has 0 saturated carbocycles. The number of ether oxygens (including phenoxy) is 1. The molecule has 1 atom stereocenters. The molecule has 0 aliphatic rings. The lowest BCUT2D eigenvalue weighted by molar-refractivity contribution is 0.372. The summed E-state index contributed by atoms with van der Waals surface area (Å²) >= 11 is 0. The number of hydrogen-bond acceptors (Lipinski definition) is 5. The summed E-state index contributed by atoms with van der Waals surface area (Å²) in [5, 5.41) is 12.8. The molecular formula is C14H18N2O3. The van der Waals surface area contributed by atoms with Crippen molar-refractivity contribution in [1.82, 2.24) is 10.3 Å². The Hall–Kier alpha value is -2.01. The number of aromatic hydroxyl groups is 1. The van der Waals surface area contributed by atoms with E-state index >= 15 is 0 Å². The van der Waals surface area contributed by atoms with Gasteiger partial charge in [-0.15, -0.1) is 0 Å². The molecule has 19 heavy (non-hydrogen) atoms. The first-order valence-electron chi connectivity index (χ1n) is 6.11. The van der Waals surface area contributed by atoms with Crippen molar-refractivity contribution in [3.8, 4) is 11.5 Å². The average molecular weight is 262 g/mol. The van der Waals surface area contributed by atoms with Gasteiger partial charge in [0.1, 0.15) is 5.76 Å². The minimum Gasteiger partial charge on any atom is -0.504 e. The van der Waals surface area contributed by atoms with Crippen molar-refractivity contribution < 1.29 is 14.3 Å². The molecule has 2 aromatic rings. The van der Waals surface area contributed by atoms with Gasteiger partial charge in [-0.05, 0) is 31.5 Å². The molecule has 0 fully saturated rings. The van der Waals surface area contributed by atoms with Gasteiger partial charge in [-0.2, -0.15) is 0 Å². The average Bonchev–Trinajstić information content (AvgIpc) is 2.84. The molecule has 5 nitrogen and oxygen atoms in total. The topological polar surface area (TPSA) is 67.5 Å². The molecule has 0 spiro atoms. The van der Waals surface area contributed by atoms with Crippen LogP contribution < -0.4 is 10.1 Å². The van der Waals surface area contributed by atoms with Gasteiger partial charge in [0.05, 0.1) is 19.3 Å². The van der Waals surface area contributed by atoms with Gasteiger partial charge in [0.2, 0.25) is 5.89 Å². The lowest BCUT2D eigenvalue weighted by Gasteiger charge is -2.11. The van der Waals surface area contributed by atoms with E-state index in [2.05, 4.69) is 10.3 Å². The minimum absolute atomic E-state index is 0.0218. The Morgan fingerprint density at radius 3 is 2.89 bits per heavy atom. The summed E-state index contributed by atoms with van der Waals surface area (Å²) in [6.07, 6.45) is 1.71. The second kappa shape index (κ2) is 5.75. The lowest BCUT2D eigenvalue weighted by atomic mass is 10.2. The fourth-order valence-electron chi connectivity index (χ4n) is 1.76. The third-order valence-electron chi connectivity index (χ3n) is 2.87. The monoisotopic (exact) mass is 262 g/mol. The predicted molar refractivity (Wildman–Crippen MR) is 71.2 cm³/mol. The largest absolute Gasteiger partial charge is 0.504 e. The summed E-state index contributed by atoms with van der Waals surface area (Å²) < 4.78 is 10.5. The fraction of sp³-hybridized carbons (Fsp3) is 0.357. The van der Waals surface area contributed by atoms with E-state index in [1.165, 1.54) is 7.11 Å². The van der Waals surface area contributed by atoms with Gasteiger partial charge in [0.15, 0.2) is 11.5 Å². The zero-order chi connectivity index (χ0) is 13.8. The number of benzene rings is 1. The number of phenols is 1. The van der Waals surface area contributed by atoms with Crippen LogP contribution in [0.15, 0.2) is 28.8 Å². The highest BCUT2D eigenvalue weighted by atomic mass is 16.5. The van der Waals surface area contributed by atoms with E-state index in [0.29, 0.717) is 18.2 Å². The molecule has 1 aromatic carbocycles. The quantitative estimate of drug-likeness (QED) is 0.866. The first-order chi connectivity index (χ1) is 9.10. The van der Waals surface area contributed by atoms with Crippen LogP contribution in [0.3, 0.4) is 0 Å². The third kappa shape index (κ3) is 3.26. The van der Waals surface area contributed by atoms with Gasteiger partial charge >= 0.3 is 0 Å². The van der Waals surface area contributed by atoms with Crippen LogP contribution in [0, 0.1) is 6.92 Å². The summed E-state index contributed by atoms with van der Waals surface area (Å²) in [6.45, 7) is 4.50. The number of rotatable bonds is 5. The molecular weight excluding hydrogens is 244 g/mol. The van der Waals surface area contributed by atoms with E-state index in [9.17, 15) is 5.11 Å². The molecule has 0 saturated heterocycles. The highest BCUT2D eigenvalue weighted by Gasteiger charge is 2.11. The van der Waals surface area contributed by atoms with Crippen LogP contribution >= 0.6 is 0 Å². The van der Waals surface area contributed by atoms with Crippen molar-refractivity contribution in [2.75, 3.05) is 7.11 Å². The Balaban J connectivity index is 1.98. The zero-order valence-electron chi connectivity index (χ0n) is 11.3. The van der Waals surface area contributed by atoms with Crippen molar-refractivity contribution in [2.45, 2.75) is 26.4 Å². The van der Waals surface area contributed by atoms with Crippen molar-refractivity contribution in [2.24, 2.45) is 0 Å². The van der Waals surface area contributed by atoms with E-state index < -0.39 is 0 Å². The highest BCUT2D eigenvalue weighted by Crippen LogP contribution is 2.26. The lowest BCUT2D eigenvalue weighted by Crippen LogP contribution is -2.18. The molecule has 5 heteroatoms. The van der Waals surface area contributed by atoms with E-state index in [-0.39, 0.29) is 11.8 Å². The Bertz CT molecular complexity index is 551. The first kappa shape index (κ1) is 13.4. The van der Waals surface area contributed by atoms with Gasteiger partial charge in [-0.3, -0.25) is 0 Å². The molecule has 2 N–H and O–H groups in total. The van der Waals surface area contributed by atoms with Crippen molar-refractivity contribution >= 4 is 0 Å². The van der Waals surface area contributed by atoms with Gasteiger partial charge in [0.25, 0.3) is 0 Å². The summed E-state index contributed by atoms with van der Waals surface area (Å²) in [6, 6.07) is 5.29. The Kier molecular flexibility index (Phi) is 4.06. The number of nitrogens with zero attached hydrogens (tertiary/aromatic N) is 1. The number of oxazole rings is 1. The van der Waals surface area contributed by atoms with Crippen LogP contribution in [0.5, 0.6) is 11.5 Å². The Labute approximate surface area is 112 Å². The summed E-state index contributed by atoms with van der Waals surface area (Å²) in [5.41, 5.74) is 1.02. The fourth-order valence-corrected chi connectivity index (χ4v) is 1.76. The van der Waals surface area contributed by atoms with Crippen molar-refractivity contribution in [3.05, 3.63) is 41.6 Å². The van der Waals surface area contributed by atoms with E-state index in [1.54, 1.807) is 18.3 Å². The second-order valence-corrected chi connectivity index (χ2v) is 4.42. The van der Waals surface area contributed by atoms with E-state index in [0.717, 1.165) is 11.3 Å². The van der Waals surface area contributed by atoms with Gasteiger partial charge in [0, 0.05) is 6.54 Å². The zero-order valence-corrected chi connectivity index (χ0v) is 11.3. The maximum Gasteiger partial charge on any atom is 0.211 e. The maximum atomic E-state index is 9.52. The second-order valence-electron chi connectivity index (χ2n) is 4.42. The van der Waals surface area contributed by atoms with Crippen LogP contribution in [0.2, 0.25) is 0 Å². The number of aromatic nitrogens is 1. The van der Waals surface area contributed by atoms with Crippen molar-refractivity contribution in [1.29, 1.82) is 0 Å². The van der Waals surface area contributed by atoms with Crippen molar-refractivity contribution in [3.63, 3.8) is 0 Å². The SMILES string of the molecule is COc1cc(CNC(C)c2ncc(C)o2)ccc1O. The number of phenolic OH excluding ortho intramolecular Hbond substituents is 1. The molecule has 0 radical (unpaired) electrons. The molecule has 1 aromatic heterocycles. The molecule has 1 unspecified atom stereocenters. The molecule has 0 bridgehead atoms. The normalized spacial score (nSPS) is 12.4. The number of methoxy groups -OCH3 is 1. The summed E-state index contributed by atoms with van der Waals surface area (Å²) in [4.78, 5) is 4.18. The van der Waals surface area contributed by atoms with Crippen LogP contribution in [-0.2, 0) is 6.54 Å². The maximum absolute atomic E-state index is 9.52. The van der Waals surface area contributed by atoms with Crippen LogP contribution in [-0.4, -0.2) is 17.2 Å². The van der Waals surface area contributed by atoms with Gasteiger partial charge < -0.3 is 19.6 Å². The summed E-state index contributed by atoms with van der Waals surface area (Å²) in [5.74, 6) is 2.08. The van der Waals surface area contributed by atoms with E-state index in [1.807, 2.05) is 19.9 Å². The van der Waals surface area contributed by atoms with E-state index in [4.69, 9.17) is 9.15 Å². The smallest absolute Gasteiger partial charge is 0.211 e. The third-order valence-corrected chi connectivity index (χ3v) is 2.87. The molecule has 0 aliphatic heterocycles. The predicted octanol–water partition coefficient (Wildman–Crippen LogP) is 2.55.